The highest BCUT2D eigenvalue weighted by Gasteiger charge is 2.25. The number of ether oxygens (including phenoxy) is 1. The number of hydrogen-bond acceptors (Lipinski definition) is 4. The molecule has 1 aromatic rings. The second-order valence-corrected chi connectivity index (χ2v) is 6.06. The van der Waals surface area contributed by atoms with Crippen LogP contribution in [-0.2, 0) is 4.79 Å². The largest absolute Gasteiger partial charge is 0.482 e. The van der Waals surface area contributed by atoms with Gasteiger partial charge in [-0.15, -0.1) is 11.8 Å². The van der Waals surface area contributed by atoms with Crippen molar-refractivity contribution in [2.24, 2.45) is 4.99 Å². The van der Waals surface area contributed by atoms with E-state index in [0.717, 1.165) is 47.2 Å². The Morgan fingerprint density at radius 1 is 1.48 bits per heavy atom. The Hall–Kier alpha value is -1.75. The molecule has 0 spiro atoms. The van der Waals surface area contributed by atoms with E-state index in [4.69, 9.17) is 4.74 Å². The van der Waals surface area contributed by atoms with E-state index in [1.165, 1.54) is 0 Å². The van der Waals surface area contributed by atoms with Crippen LogP contribution in [0.25, 0.3) is 6.08 Å². The van der Waals surface area contributed by atoms with Crippen molar-refractivity contribution in [3.63, 3.8) is 0 Å². The number of amides is 1. The molecule has 1 aromatic carbocycles. The first kappa shape index (κ1) is 14.2. The van der Waals surface area contributed by atoms with E-state index in [1.807, 2.05) is 29.3 Å². The molecule has 0 saturated carbocycles. The van der Waals surface area contributed by atoms with Gasteiger partial charge in [0.25, 0.3) is 5.91 Å². The molecule has 0 N–H and O–H groups in total. The molecule has 0 atom stereocenters. The zero-order valence-corrected chi connectivity index (χ0v) is 12.9. The number of carbonyl (C=O) groups excluding carboxylic acids is 1. The molecule has 2 aliphatic heterocycles. The SMILES string of the molecule is CCCCN1C(=O)COc2ccc(C=C3C=NCS3)cc21. The minimum Gasteiger partial charge on any atom is -0.482 e. The van der Waals surface area contributed by atoms with Gasteiger partial charge in [0, 0.05) is 17.7 Å². The van der Waals surface area contributed by atoms with Crippen molar-refractivity contribution in [3.05, 3.63) is 28.7 Å². The molecule has 3 rings (SSSR count). The van der Waals surface area contributed by atoms with Gasteiger partial charge in [0.15, 0.2) is 6.61 Å². The molecule has 0 bridgehead atoms. The summed E-state index contributed by atoms with van der Waals surface area (Å²) < 4.78 is 5.53. The van der Waals surface area contributed by atoms with Crippen LogP contribution < -0.4 is 9.64 Å². The summed E-state index contributed by atoms with van der Waals surface area (Å²) in [5.41, 5.74) is 1.96. The summed E-state index contributed by atoms with van der Waals surface area (Å²) in [6.07, 6.45) is 6.05. The van der Waals surface area contributed by atoms with Gasteiger partial charge in [-0.3, -0.25) is 9.79 Å². The number of aliphatic imine (C=N–C) groups is 1. The highest BCUT2D eigenvalue weighted by molar-refractivity contribution is 8.04. The van der Waals surface area contributed by atoms with E-state index in [0.29, 0.717) is 0 Å². The number of hydrogen-bond donors (Lipinski definition) is 0. The average molecular weight is 302 g/mol. The van der Waals surface area contributed by atoms with E-state index in [9.17, 15) is 4.79 Å². The van der Waals surface area contributed by atoms with Crippen LogP contribution in [0.2, 0.25) is 0 Å². The van der Waals surface area contributed by atoms with Crippen LogP contribution in [0.3, 0.4) is 0 Å². The summed E-state index contributed by atoms with van der Waals surface area (Å²) in [5.74, 6) is 1.62. The Kier molecular flexibility index (Phi) is 4.29. The predicted octanol–water partition coefficient (Wildman–Crippen LogP) is 3.33. The van der Waals surface area contributed by atoms with Gasteiger partial charge >= 0.3 is 0 Å². The Morgan fingerprint density at radius 2 is 2.38 bits per heavy atom. The fraction of sp³-hybridized carbons (Fsp3) is 0.375. The fourth-order valence-corrected chi connectivity index (χ4v) is 3.06. The molecule has 110 valence electrons. The van der Waals surface area contributed by atoms with E-state index < -0.39 is 0 Å². The molecule has 0 radical (unpaired) electrons. The smallest absolute Gasteiger partial charge is 0.265 e. The van der Waals surface area contributed by atoms with Crippen LogP contribution >= 0.6 is 11.8 Å². The lowest BCUT2D eigenvalue weighted by atomic mass is 10.1. The number of rotatable bonds is 4. The highest BCUT2D eigenvalue weighted by atomic mass is 32.2. The van der Waals surface area contributed by atoms with Gasteiger partial charge in [0.05, 0.1) is 11.6 Å². The second kappa shape index (κ2) is 6.35. The highest BCUT2D eigenvalue weighted by Crippen LogP contribution is 2.34. The zero-order chi connectivity index (χ0) is 14.7. The number of carbonyl (C=O) groups is 1. The first-order valence-corrected chi connectivity index (χ1v) is 8.18. The van der Waals surface area contributed by atoms with Gasteiger partial charge in [-0.2, -0.15) is 0 Å². The second-order valence-electron chi connectivity index (χ2n) is 5.05. The number of nitrogens with zero attached hydrogens (tertiary/aromatic N) is 2. The van der Waals surface area contributed by atoms with Gasteiger partial charge < -0.3 is 9.64 Å². The average Bonchev–Trinajstić information content (AvgIpc) is 2.99. The van der Waals surface area contributed by atoms with Gasteiger partial charge in [-0.05, 0) is 30.2 Å². The molecule has 5 heteroatoms. The van der Waals surface area contributed by atoms with Crippen molar-refractivity contribution in [1.29, 1.82) is 0 Å². The Bertz CT molecular complexity index is 610. The van der Waals surface area contributed by atoms with Crippen molar-refractivity contribution >= 4 is 35.6 Å². The van der Waals surface area contributed by atoms with Crippen molar-refractivity contribution in [1.82, 2.24) is 0 Å². The molecule has 0 fully saturated rings. The van der Waals surface area contributed by atoms with E-state index in [2.05, 4.69) is 18.0 Å². The maximum absolute atomic E-state index is 12.1. The molecule has 0 aliphatic carbocycles. The quantitative estimate of drug-likeness (QED) is 0.856. The van der Waals surface area contributed by atoms with E-state index in [-0.39, 0.29) is 12.5 Å². The molecule has 4 nitrogen and oxygen atoms in total. The summed E-state index contributed by atoms with van der Waals surface area (Å²) in [7, 11) is 0. The Morgan fingerprint density at radius 3 is 3.14 bits per heavy atom. The molecule has 2 aliphatic rings. The number of anilines is 1. The van der Waals surface area contributed by atoms with Crippen molar-refractivity contribution in [2.45, 2.75) is 19.8 Å². The maximum atomic E-state index is 12.1. The van der Waals surface area contributed by atoms with Crippen LogP contribution in [0.15, 0.2) is 28.1 Å². The standard InChI is InChI=1S/C16H18N2O2S/c1-2-3-6-18-14-8-12(7-13-9-17-11-21-13)4-5-15(14)20-10-16(18)19/h4-5,7-9H,2-3,6,10-11H2,1H3. The number of unbranched alkanes of at least 4 members (excludes halogenated alkanes) is 1. The van der Waals surface area contributed by atoms with Crippen LogP contribution in [-0.4, -0.2) is 31.2 Å². The third kappa shape index (κ3) is 3.13. The zero-order valence-electron chi connectivity index (χ0n) is 12.0. The van der Waals surface area contributed by atoms with Crippen LogP contribution in [0, 0.1) is 0 Å². The van der Waals surface area contributed by atoms with Crippen molar-refractivity contribution in [2.75, 3.05) is 23.9 Å². The van der Waals surface area contributed by atoms with Crippen LogP contribution in [0.5, 0.6) is 5.75 Å². The first-order valence-electron chi connectivity index (χ1n) is 7.19. The molecule has 0 saturated heterocycles. The summed E-state index contributed by atoms with van der Waals surface area (Å²) in [6.45, 7) is 3.02. The minimum absolute atomic E-state index is 0.0394. The van der Waals surface area contributed by atoms with Crippen LogP contribution in [0.1, 0.15) is 25.3 Å². The van der Waals surface area contributed by atoms with Crippen molar-refractivity contribution < 1.29 is 9.53 Å². The van der Waals surface area contributed by atoms with Gasteiger partial charge in [0.2, 0.25) is 0 Å². The maximum Gasteiger partial charge on any atom is 0.265 e. The number of allylic oxidation sites excluding steroid dienone is 1. The summed E-state index contributed by atoms with van der Waals surface area (Å²) in [4.78, 5) is 19.3. The lowest BCUT2D eigenvalue weighted by Crippen LogP contribution is -2.39. The Balaban J connectivity index is 1.91. The molecular formula is C16H18N2O2S. The first-order chi connectivity index (χ1) is 10.3. The van der Waals surface area contributed by atoms with Crippen LogP contribution in [0.4, 0.5) is 5.69 Å². The normalized spacial score (nSPS) is 19.0. The molecule has 1 amide bonds. The third-order valence-corrected chi connectivity index (χ3v) is 4.33. The van der Waals surface area contributed by atoms with Gasteiger partial charge in [0.1, 0.15) is 5.75 Å². The van der Waals surface area contributed by atoms with E-state index >= 15 is 0 Å². The van der Waals surface area contributed by atoms with E-state index in [1.54, 1.807) is 11.8 Å². The molecule has 21 heavy (non-hydrogen) atoms. The predicted molar refractivity (Wildman–Crippen MR) is 88.1 cm³/mol. The minimum atomic E-state index is 0.0394. The Labute approximate surface area is 128 Å². The van der Waals surface area contributed by atoms with Gasteiger partial charge in [-0.25, -0.2) is 0 Å². The number of benzene rings is 1. The summed E-state index contributed by atoms with van der Waals surface area (Å²) >= 11 is 1.72. The number of fused-ring (bicyclic) bond motifs is 1. The van der Waals surface area contributed by atoms with Crippen molar-refractivity contribution in [3.8, 4) is 5.75 Å². The lowest BCUT2D eigenvalue weighted by molar-refractivity contribution is -0.121. The molecule has 0 unspecified atom stereocenters. The summed E-state index contributed by atoms with van der Waals surface area (Å²) in [5, 5.41) is 0. The topological polar surface area (TPSA) is 41.9 Å². The van der Waals surface area contributed by atoms with Gasteiger partial charge in [-0.1, -0.05) is 19.4 Å². The molecular weight excluding hydrogens is 284 g/mol. The molecule has 0 aromatic heterocycles. The number of thioether (sulfide) groups is 1. The summed E-state index contributed by atoms with van der Waals surface area (Å²) in [6, 6.07) is 6.00. The monoisotopic (exact) mass is 302 g/mol. The third-order valence-electron chi connectivity index (χ3n) is 3.49. The lowest BCUT2D eigenvalue weighted by Gasteiger charge is -2.29. The fourth-order valence-electron chi connectivity index (χ4n) is 2.39. The molecule has 2 heterocycles.